The third-order valence-corrected chi connectivity index (χ3v) is 5.72. The van der Waals surface area contributed by atoms with Gasteiger partial charge < -0.3 is 10.2 Å². The van der Waals surface area contributed by atoms with Crippen LogP contribution < -0.4 is 5.32 Å². The van der Waals surface area contributed by atoms with E-state index in [0.717, 1.165) is 11.8 Å². The summed E-state index contributed by atoms with van der Waals surface area (Å²) in [7, 11) is 0. The fourth-order valence-electron chi connectivity index (χ4n) is 4.17. The number of nitrogens with zero attached hydrogens (tertiary/aromatic N) is 1. The SMILES string of the molecule is CC(C)C1CCN(CC2(CNC(C)(C)C)CCCCC2)C1. The van der Waals surface area contributed by atoms with Gasteiger partial charge in [-0.15, -0.1) is 0 Å². The number of hydrogen-bond acceptors (Lipinski definition) is 2. The minimum atomic E-state index is 0.246. The highest BCUT2D eigenvalue weighted by Crippen LogP contribution is 2.38. The van der Waals surface area contributed by atoms with Crippen LogP contribution in [0.2, 0.25) is 0 Å². The van der Waals surface area contributed by atoms with Gasteiger partial charge in [0.1, 0.15) is 0 Å². The van der Waals surface area contributed by atoms with E-state index in [1.165, 1.54) is 64.7 Å². The molecule has 1 atom stereocenters. The molecule has 0 amide bonds. The summed E-state index contributed by atoms with van der Waals surface area (Å²) in [6.45, 7) is 16.9. The molecular formula is C19H38N2. The molecule has 1 saturated carbocycles. The van der Waals surface area contributed by atoms with Gasteiger partial charge in [0.15, 0.2) is 0 Å². The molecule has 1 heterocycles. The van der Waals surface area contributed by atoms with Crippen LogP contribution in [0.25, 0.3) is 0 Å². The van der Waals surface area contributed by atoms with Crippen LogP contribution in [-0.4, -0.2) is 36.6 Å². The number of rotatable bonds is 5. The Morgan fingerprint density at radius 1 is 1.14 bits per heavy atom. The lowest BCUT2D eigenvalue weighted by Gasteiger charge is -2.42. The first-order valence-corrected chi connectivity index (χ1v) is 9.27. The summed E-state index contributed by atoms with van der Waals surface area (Å²) in [6.07, 6.45) is 8.60. The number of likely N-dealkylation sites (tertiary alicyclic amines) is 1. The minimum Gasteiger partial charge on any atom is -0.311 e. The van der Waals surface area contributed by atoms with E-state index < -0.39 is 0 Å². The van der Waals surface area contributed by atoms with Crippen molar-refractivity contribution in [3.63, 3.8) is 0 Å². The Hall–Kier alpha value is -0.0800. The second kappa shape index (κ2) is 7.00. The Kier molecular flexibility index (Phi) is 5.76. The van der Waals surface area contributed by atoms with Gasteiger partial charge in [0.25, 0.3) is 0 Å². The quantitative estimate of drug-likeness (QED) is 0.813. The molecule has 0 aromatic heterocycles. The van der Waals surface area contributed by atoms with Gasteiger partial charge >= 0.3 is 0 Å². The van der Waals surface area contributed by atoms with Gasteiger partial charge in [-0.2, -0.15) is 0 Å². The van der Waals surface area contributed by atoms with E-state index in [-0.39, 0.29) is 5.54 Å². The Balaban J connectivity index is 1.93. The summed E-state index contributed by atoms with van der Waals surface area (Å²) < 4.78 is 0. The summed E-state index contributed by atoms with van der Waals surface area (Å²) in [4.78, 5) is 2.78. The summed E-state index contributed by atoms with van der Waals surface area (Å²) in [6, 6.07) is 0. The summed E-state index contributed by atoms with van der Waals surface area (Å²) in [5.41, 5.74) is 0.785. The third kappa shape index (κ3) is 5.25. The van der Waals surface area contributed by atoms with Crippen molar-refractivity contribution in [1.82, 2.24) is 10.2 Å². The Bertz CT molecular complexity index is 310. The van der Waals surface area contributed by atoms with Crippen LogP contribution in [-0.2, 0) is 0 Å². The van der Waals surface area contributed by atoms with E-state index in [1.54, 1.807) is 0 Å². The van der Waals surface area contributed by atoms with Crippen LogP contribution in [0.3, 0.4) is 0 Å². The van der Waals surface area contributed by atoms with Crippen molar-refractivity contribution < 1.29 is 0 Å². The van der Waals surface area contributed by atoms with Gasteiger partial charge in [-0.05, 0) is 63.8 Å². The van der Waals surface area contributed by atoms with Crippen molar-refractivity contribution in [3.8, 4) is 0 Å². The topological polar surface area (TPSA) is 15.3 Å². The zero-order valence-corrected chi connectivity index (χ0v) is 15.2. The van der Waals surface area contributed by atoms with E-state index >= 15 is 0 Å². The van der Waals surface area contributed by atoms with E-state index in [0.29, 0.717) is 5.41 Å². The Morgan fingerprint density at radius 3 is 2.33 bits per heavy atom. The van der Waals surface area contributed by atoms with Crippen LogP contribution in [0.15, 0.2) is 0 Å². The molecule has 2 nitrogen and oxygen atoms in total. The summed E-state index contributed by atoms with van der Waals surface area (Å²) >= 11 is 0. The van der Waals surface area contributed by atoms with Crippen molar-refractivity contribution in [2.45, 2.75) is 78.7 Å². The molecule has 0 aromatic carbocycles. The molecule has 124 valence electrons. The number of hydrogen-bond donors (Lipinski definition) is 1. The lowest BCUT2D eigenvalue weighted by Crippen LogP contribution is -2.49. The standard InChI is InChI=1S/C19H38N2/c1-16(2)17-9-12-21(13-17)15-19(10-7-6-8-11-19)14-20-18(3,4)5/h16-17,20H,6-15H2,1-5H3. The maximum absolute atomic E-state index is 3.81. The maximum Gasteiger partial charge on any atom is 0.00967 e. The Labute approximate surface area is 133 Å². The average molecular weight is 295 g/mol. The molecule has 0 radical (unpaired) electrons. The fraction of sp³-hybridized carbons (Fsp3) is 1.00. The average Bonchev–Trinajstić information content (AvgIpc) is 2.85. The van der Waals surface area contributed by atoms with Crippen molar-refractivity contribution in [1.29, 1.82) is 0 Å². The zero-order valence-electron chi connectivity index (χ0n) is 15.2. The third-order valence-electron chi connectivity index (χ3n) is 5.72. The maximum atomic E-state index is 3.81. The van der Waals surface area contributed by atoms with Crippen molar-refractivity contribution in [2.75, 3.05) is 26.2 Å². The number of nitrogens with one attached hydrogen (secondary N) is 1. The highest BCUT2D eigenvalue weighted by molar-refractivity contribution is 4.92. The largest absolute Gasteiger partial charge is 0.311 e. The van der Waals surface area contributed by atoms with Gasteiger partial charge in [-0.1, -0.05) is 33.1 Å². The predicted octanol–water partition coefficient (Wildman–Crippen LogP) is 4.30. The van der Waals surface area contributed by atoms with Crippen molar-refractivity contribution >= 4 is 0 Å². The van der Waals surface area contributed by atoms with Crippen LogP contribution in [0, 0.1) is 17.3 Å². The van der Waals surface area contributed by atoms with E-state index in [1.807, 2.05) is 0 Å². The second-order valence-electron chi connectivity index (χ2n) is 9.19. The monoisotopic (exact) mass is 294 g/mol. The lowest BCUT2D eigenvalue weighted by molar-refractivity contribution is 0.104. The highest BCUT2D eigenvalue weighted by atomic mass is 15.2. The molecule has 2 aliphatic rings. The molecule has 0 aromatic rings. The summed E-state index contributed by atoms with van der Waals surface area (Å²) in [5, 5.41) is 3.81. The summed E-state index contributed by atoms with van der Waals surface area (Å²) in [5.74, 6) is 1.78. The van der Waals surface area contributed by atoms with Gasteiger partial charge in [-0.25, -0.2) is 0 Å². The smallest absolute Gasteiger partial charge is 0.00967 e. The molecule has 2 heteroatoms. The highest BCUT2D eigenvalue weighted by Gasteiger charge is 2.37. The molecule has 21 heavy (non-hydrogen) atoms. The molecule has 2 fully saturated rings. The first-order chi connectivity index (χ1) is 9.80. The van der Waals surface area contributed by atoms with Crippen LogP contribution in [0.1, 0.15) is 73.1 Å². The molecule has 1 unspecified atom stereocenters. The second-order valence-corrected chi connectivity index (χ2v) is 9.19. The molecule has 0 spiro atoms. The molecule has 1 N–H and O–H groups in total. The van der Waals surface area contributed by atoms with Gasteiger partial charge in [0, 0.05) is 25.2 Å². The molecule has 1 saturated heterocycles. The molecule has 0 bridgehead atoms. The minimum absolute atomic E-state index is 0.246. The normalized spacial score (nSPS) is 27.4. The van der Waals surface area contributed by atoms with Crippen molar-refractivity contribution in [2.24, 2.45) is 17.3 Å². The van der Waals surface area contributed by atoms with Crippen LogP contribution in [0.4, 0.5) is 0 Å². The molecule has 1 aliphatic carbocycles. The molecule has 2 rings (SSSR count). The first-order valence-electron chi connectivity index (χ1n) is 9.27. The van der Waals surface area contributed by atoms with Gasteiger partial charge in [0.05, 0.1) is 0 Å². The van der Waals surface area contributed by atoms with E-state index in [2.05, 4.69) is 44.8 Å². The Morgan fingerprint density at radius 2 is 1.81 bits per heavy atom. The molecular weight excluding hydrogens is 256 g/mol. The van der Waals surface area contributed by atoms with E-state index in [9.17, 15) is 0 Å². The van der Waals surface area contributed by atoms with E-state index in [4.69, 9.17) is 0 Å². The molecule has 1 aliphatic heterocycles. The fourth-order valence-corrected chi connectivity index (χ4v) is 4.17. The predicted molar refractivity (Wildman–Crippen MR) is 92.7 cm³/mol. The van der Waals surface area contributed by atoms with Crippen molar-refractivity contribution in [3.05, 3.63) is 0 Å². The van der Waals surface area contributed by atoms with Crippen LogP contribution >= 0.6 is 0 Å². The van der Waals surface area contributed by atoms with Crippen LogP contribution in [0.5, 0.6) is 0 Å². The first kappa shape index (κ1) is 17.3. The zero-order chi connectivity index (χ0) is 15.5. The van der Waals surface area contributed by atoms with Gasteiger partial charge in [0.2, 0.25) is 0 Å². The lowest BCUT2D eigenvalue weighted by atomic mass is 9.73. The van der Waals surface area contributed by atoms with Gasteiger partial charge in [-0.3, -0.25) is 0 Å².